The topological polar surface area (TPSA) is 94.1 Å². The molecule has 2 heterocycles. The number of nitrogens with two attached hydrogens (primary N) is 1. The molecule has 0 spiro atoms. The smallest absolute Gasteiger partial charge is 0.263 e. The maximum absolute atomic E-state index is 13.5. The number of benzene rings is 2. The van der Waals surface area contributed by atoms with Crippen LogP contribution in [0, 0.1) is 5.82 Å². The lowest BCUT2D eigenvalue weighted by molar-refractivity contribution is 0.0664. The van der Waals surface area contributed by atoms with E-state index in [1.807, 2.05) is 37.3 Å². The van der Waals surface area contributed by atoms with Crippen LogP contribution in [0.1, 0.15) is 41.1 Å². The van der Waals surface area contributed by atoms with Crippen molar-refractivity contribution in [3.05, 3.63) is 106 Å². The normalized spacial score (nSPS) is 12.0. The number of halogens is 1. The third kappa shape index (κ3) is 4.72. The average Bonchev–Trinajstić information content (AvgIpc) is 2.87. The van der Waals surface area contributed by atoms with Crippen LogP contribution in [-0.2, 0) is 6.54 Å². The first-order valence-electron chi connectivity index (χ1n) is 11.2. The highest BCUT2D eigenvalue weighted by Crippen LogP contribution is 2.26. The predicted octanol–water partition coefficient (Wildman–Crippen LogP) is 3.53. The van der Waals surface area contributed by atoms with E-state index in [9.17, 15) is 14.0 Å². The minimum Gasteiger partial charge on any atom is -0.329 e. The SMILES string of the molecule is CCC(c1nc2ncccc2c(=O)n1Cc1ccccc1)N(CCN)C(=O)c1ccc(F)cc1. The van der Waals surface area contributed by atoms with E-state index in [4.69, 9.17) is 10.7 Å². The summed E-state index contributed by atoms with van der Waals surface area (Å²) in [4.78, 5) is 37.6. The Morgan fingerprint density at radius 1 is 1.09 bits per heavy atom. The third-order valence-corrected chi connectivity index (χ3v) is 5.73. The largest absolute Gasteiger partial charge is 0.329 e. The number of fused-ring (bicyclic) bond motifs is 1. The molecule has 0 bridgehead atoms. The summed E-state index contributed by atoms with van der Waals surface area (Å²) >= 11 is 0. The molecule has 2 aromatic carbocycles. The molecule has 0 saturated heterocycles. The van der Waals surface area contributed by atoms with Gasteiger partial charge in [-0.3, -0.25) is 14.2 Å². The van der Waals surface area contributed by atoms with Crippen LogP contribution >= 0.6 is 0 Å². The molecular weight excluding hydrogens is 433 g/mol. The van der Waals surface area contributed by atoms with Crippen molar-refractivity contribution in [3.63, 3.8) is 0 Å². The van der Waals surface area contributed by atoms with Gasteiger partial charge >= 0.3 is 0 Å². The van der Waals surface area contributed by atoms with Crippen molar-refractivity contribution in [2.24, 2.45) is 5.73 Å². The summed E-state index contributed by atoms with van der Waals surface area (Å²) in [6.07, 6.45) is 2.08. The molecule has 4 rings (SSSR count). The Hall–Kier alpha value is -3.91. The summed E-state index contributed by atoms with van der Waals surface area (Å²) in [6.45, 7) is 2.69. The summed E-state index contributed by atoms with van der Waals surface area (Å²) in [5, 5.41) is 0.410. The van der Waals surface area contributed by atoms with Crippen molar-refractivity contribution < 1.29 is 9.18 Å². The Labute approximate surface area is 196 Å². The molecule has 7 nitrogen and oxygen atoms in total. The minimum absolute atomic E-state index is 0.220. The van der Waals surface area contributed by atoms with Gasteiger partial charge in [-0.2, -0.15) is 0 Å². The number of nitrogens with zero attached hydrogens (tertiary/aromatic N) is 4. The van der Waals surface area contributed by atoms with E-state index in [0.717, 1.165) is 5.56 Å². The van der Waals surface area contributed by atoms with Crippen molar-refractivity contribution in [1.82, 2.24) is 19.4 Å². The van der Waals surface area contributed by atoms with Crippen molar-refractivity contribution in [1.29, 1.82) is 0 Å². The van der Waals surface area contributed by atoms with Crippen molar-refractivity contribution in [3.8, 4) is 0 Å². The highest BCUT2D eigenvalue weighted by molar-refractivity contribution is 5.94. The molecule has 174 valence electrons. The van der Waals surface area contributed by atoms with Crippen LogP contribution in [0.2, 0.25) is 0 Å². The van der Waals surface area contributed by atoms with Crippen LogP contribution in [0.3, 0.4) is 0 Å². The summed E-state index contributed by atoms with van der Waals surface area (Å²) in [6, 6.07) is 17.9. The fraction of sp³-hybridized carbons (Fsp3) is 0.231. The zero-order valence-electron chi connectivity index (χ0n) is 18.9. The number of rotatable bonds is 8. The fourth-order valence-electron chi connectivity index (χ4n) is 4.08. The molecule has 0 aliphatic rings. The van der Waals surface area contributed by atoms with Crippen molar-refractivity contribution in [2.75, 3.05) is 13.1 Å². The van der Waals surface area contributed by atoms with Gasteiger partial charge in [0.2, 0.25) is 0 Å². The van der Waals surface area contributed by atoms with Gasteiger partial charge in [-0.1, -0.05) is 37.3 Å². The summed E-state index contributed by atoms with van der Waals surface area (Å²) < 4.78 is 15.0. The van der Waals surface area contributed by atoms with E-state index in [-0.39, 0.29) is 24.6 Å². The maximum atomic E-state index is 13.5. The third-order valence-electron chi connectivity index (χ3n) is 5.73. The summed E-state index contributed by atoms with van der Waals surface area (Å²) in [5.74, 6) is -0.293. The van der Waals surface area contributed by atoms with E-state index in [0.29, 0.717) is 35.4 Å². The van der Waals surface area contributed by atoms with Crippen LogP contribution in [0.4, 0.5) is 4.39 Å². The van der Waals surface area contributed by atoms with Gasteiger partial charge in [0.1, 0.15) is 11.6 Å². The van der Waals surface area contributed by atoms with Crippen LogP contribution in [0.5, 0.6) is 0 Å². The van der Waals surface area contributed by atoms with Gasteiger partial charge in [-0.25, -0.2) is 14.4 Å². The van der Waals surface area contributed by atoms with E-state index in [1.165, 1.54) is 24.3 Å². The number of carbonyl (C=O) groups is 1. The van der Waals surface area contributed by atoms with E-state index < -0.39 is 11.9 Å². The lowest BCUT2D eigenvalue weighted by atomic mass is 10.1. The van der Waals surface area contributed by atoms with Crippen LogP contribution in [-0.4, -0.2) is 38.4 Å². The number of pyridine rings is 1. The second-order valence-corrected chi connectivity index (χ2v) is 7.94. The van der Waals surface area contributed by atoms with Gasteiger partial charge in [-0.15, -0.1) is 0 Å². The zero-order valence-corrected chi connectivity index (χ0v) is 18.9. The van der Waals surface area contributed by atoms with E-state index in [1.54, 1.807) is 27.8 Å². The van der Waals surface area contributed by atoms with Gasteiger partial charge in [-0.05, 0) is 48.4 Å². The standard InChI is InChI=1S/C26H26FN5O2/c1-2-22(31(16-14-28)25(33)19-10-12-20(27)13-11-19)24-30-23-21(9-6-15-29-23)26(34)32(24)17-18-7-4-3-5-8-18/h3-13,15,22H,2,14,16-17,28H2,1H3. The molecule has 0 aliphatic heterocycles. The average molecular weight is 460 g/mol. The molecule has 2 aromatic heterocycles. The van der Waals surface area contributed by atoms with Crippen LogP contribution in [0.25, 0.3) is 11.0 Å². The Kier molecular flexibility index (Phi) is 7.08. The summed E-state index contributed by atoms with van der Waals surface area (Å²) in [7, 11) is 0. The molecule has 34 heavy (non-hydrogen) atoms. The lowest BCUT2D eigenvalue weighted by Crippen LogP contribution is -2.41. The molecule has 8 heteroatoms. The first-order chi connectivity index (χ1) is 16.5. The number of hydrogen-bond donors (Lipinski definition) is 1. The minimum atomic E-state index is -0.538. The second-order valence-electron chi connectivity index (χ2n) is 7.94. The highest BCUT2D eigenvalue weighted by atomic mass is 19.1. The Bertz CT molecular complexity index is 1340. The molecular formula is C26H26FN5O2. The van der Waals surface area contributed by atoms with Crippen molar-refractivity contribution in [2.45, 2.75) is 25.9 Å². The van der Waals surface area contributed by atoms with Gasteiger partial charge < -0.3 is 10.6 Å². The fourth-order valence-corrected chi connectivity index (χ4v) is 4.08. The molecule has 0 radical (unpaired) electrons. The van der Waals surface area contributed by atoms with Gasteiger partial charge in [0.05, 0.1) is 18.0 Å². The van der Waals surface area contributed by atoms with Gasteiger partial charge in [0, 0.05) is 24.8 Å². The van der Waals surface area contributed by atoms with E-state index >= 15 is 0 Å². The highest BCUT2D eigenvalue weighted by Gasteiger charge is 2.29. The molecule has 1 atom stereocenters. The van der Waals surface area contributed by atoms with Crippen molar-refractivity contribution >= 4 is 16.9 Å². The number of aromatic nitrogens is 3. The molecule has 4 aromatic rings. The van der Waals surface area contributed by atoms with Crippen LogP contribution in [0.15, 0.2) is 77.7 Å². The Morgan fingerprint density at radius 2 is 1.82 bits per heavy atom. The van der Waals surface area contributed by atoms with Crippen LogP contribution < -0.4 is 11.3 Å². The maximum Gasteiger partial charge on any atom is 0.263 e. The molecule has 0 fully saturated rings. The Morgan fingerprint density at radius 3 is 2.50 bits per heavy atom. The monoisotopic (exact) mass is 459 g/mol. The first-order valence-corrected chi connectivity index (χ1v) is 11.2. The number of amides is 1. The quantitative estimate of drug-likeness (QED) is 0.435. The lowest BCUT2D eigenvalue weighted by Gasteiger charge is -2.32. The van der Waals surface area contributed by atoms with E-state index in [2.05, 4.69) is 4.98 Å². The predicted molar refractivity (Wildman–Crippen MR) is 129 cm³/mol. The molecule has 0 saturated carbocycles. The van der Waals surface area contributed by atoms with Gasteiger partial charge in [0.25, 0.3) is 11.5 Å². The Balaban J connectivity index is 1.87. The molecule has 1 amide bonds. The molecule has 0 aliphatic carbocycles. The van der Waals surface area contributed by atoms with Gasteiger partial charge in [0.15, 0.2) is 5.65 Å². The molecule has 1 unspecified atom stereocenters. The molecule has 2 N–H and O–H groups in total. The zero-order chi connectivity index (χ0) is 24.1. The number of hydrogen-bond acceptors (Lipinski definition) is 5. The second kappa shape index (κ2) is 10.4. The first kappa shape index (κ1) is 23.3. The summed E-state index contributed by atoms with van der Waals surface area (Å²) in [5.41, 5.74) is 7.24. The number of carbonyl (C=O) groups excluding carboxylic acids is 1.